The van der Waals surface area contributed by atoms with Crippen molar-refractivity contribution in [2.75, 3.05) is 0 Å². The van der Waals surface area contributed by atoms with E-state index in [-0.39, 0.29) is 10.7 Å². The third kappa shape index (κ3) is 2.54. The van der Waals surface area contributed by atoms with E-state index in [1.165, 1.54) is 22.9 Å². The summed E-state index contributed by atoms with van der Waals surface area (Å²) in [6.07, 6.45) is 0. The van der Waals surface area contributed by atoms with E-state index < -0.39 is 17.2 Å². The Morgan fingerprint density at radius 2 is 2.05 bits per heavy atom. The number of rotatable bonds is 2. The van der Waals surface area contributed by atoms with Crippen LogP contribution in [0.25, 0.3) is 5.69 Å². The van der Waals surface area contributed by atoms with E-state index in [1.807, 2.05) is 20.8 Å². The maximum Gasteiger partial charge on any atom is 0.358 e. The smallest absolute Gasteiger partial charge is 0.358 e. The first-order valence-corrected chi connectivity index (χ1v) is 6.38. The van der Waals surface area contributed by atoms with Gasteiger partial charge in [-0.2, -0.15) is 5.10 Å². The molecule has 106 valence electrons. The van der Waals surface area contributed by atoms with Crippen LogP contribution in [0.1, 0.15) is 37.0 Å². The van der Waals surface area contributed by atoms with Crippen molar-refractivity contribution >= 4 is 17.6 Å². The van der Waals surface area contributed by atoms with Crippen LogP contribution in [0.4, 0.5) is 4.39 Å². The van der Waals surface area contributed by atoms with Crippen LogP contribution >= 0.6 is 11.6 Å². The number of halogens is 2. The van der Waals surface area contributed by atoms with Gasteiger partial charge in [0.15, 0.2) is 5.69 Å². The van der Waals surface area contributed by atoms with Gasteiger partial charge in [0.25, 0.3) is 0 Å². The number of aromatic carboxylic acids is 1. The van der Waals surface area contributed by atoms with Gasteiger partial charge in [-0.15, -0.1) is 0 Å². The summed E-state index contributed by atoms with van der Waals surface area (Å²) in [7, 11) is 0. The average Bonchev–Trinajstić information content (AvgIpc) is 2.66. The lowest BCUT2D eigenvalue weighted by molar-refractivity contribution is 0.0690. The molecule has 1 heterocycles. The Bertz CT molecular complexity index is 674. The summed E-state index contributed by atoms with van der Waals surface area (Å²) < 4.78 is 14.7. The van der Waals surface area contributed by atoms with Crippen molar-refractivity contribution in [3.05, 3.63) is 46.5 Å². The van der Waals surface area contributed by atoms with E-state index in [0.29, 0.717) is 11.4 Å². The Labute approximate surface area is 120 Å². The molecule has 0 saturated heterocycles. The summed E-state index contributed by atoms with van der Waals surface area (Å²) in [5.41, 5.74) is 0.289. The minimum Gasteiger partial charge on any atom is -0.476 e. The van der Waals surface area contributed by atoms with Gasteiger partial charge in [0.1, 0.15) is 5.82 Å². The number of nitrogens with zero attached hydrogens (tertiary/aromatic N) is 2. The van der Waals surface area contributed by atoms with E-state index in [0.717, 1.165) is 0 Å². The summed E-state index contributed by atoms with van der Waals surface area (Å²) in [4.78, 5) is 11.2. The highest BCUT2D eigenvalue weighted by molar-refractivity contribution is 6.34. The maximum atomic E-state index is 13.4. The van der Waals surface area contributed by atoms with Crippen LogP contribution in [-0.4, -0.2) is 20.9 Å². The largest absolute Gasteiger partial charge is 0.476 e. The highest BCUT2D eigenvalue weighted by atomic mass is 35.5. The highest BCUT2D eigenvalue weighted by Gasteiger charge is 2.29. The van der Waals surface area contributed by atoms with Crippen molar-refractivity contribution in [2.45, 2.75) is 26.2 Å². The summed E-state index contributed by atoms with van der Waals surface area (Å²) in [5, 5.41) is 13.2. The molecule has 1 aromatic heterocycles. The quantitative estimate of drug-likeness (QED) is 0.920. The molecule has 6 heteroatoms. The minimum atomic E-state index is -1.21. The molecular formula is C14H14ClFN2O2. The van der Waals surface area contributed by atoms with Gasteiger partial charge in [-0.25, -0.2) is 13.9 Å². The normalized spacial score (nSPS) is 11.7. The van der Waals surface area contributed by atoms with Crippen molar-refractivity contribution in [1.82, 2.24) is 9.78 Å². The van der Waals surface area contributed by atoms with Gasteiger partial charge in [0, 0.05) is 5.41 Å². The number of carboxylic acids is 1. The minimum absolute atomic E-state index is 0.0780. The highest BCUT2D eigenvalue weighted by Crippen LogP contribution is 2.33. The number of carboxylic acid groups (broad SMARTS) is 1. The number of hydrogen-bond acceptors (Lipinski definition) is 2. The molecular weight excluding hydrogens is 283 g/mol. The molecule has 0 atom stereocenters. The fraction of sp³-hybridized carbons (Fsp3) is 0.286. The second kappa shape index (κ2) is 4.90. The van der Waals surface area contributed by atoms with Crippen molar-refractivity contribution in [1.29, 1.82) is 0 Å². The SMILES string of the molecule is CC(C)(C)c1c(Cl)c(C(=O)O)nn1-c1cccc(F)c1. The lowest BCUT2D eigenvalue weighted by Crippen LogP contribution is -2.18. The van der Waals surface area contributed by atoms with E-state index in [4.69, 9.17) is 16.7 Å². The number of benzene rings is 1. The molecule has 4 nitrogen and oxygen atoms in total. The van der Waals surface area contributed by atoms with E-state index in [2.05, 4.69) is 5.10 Å². The number of hydrogen-bond donors (Lipinski definition) is 1. The zero-order chi connectivity index (χ0) is 15.1. The predicted octanol–water partition coefficient (Wildman–Crippen LogP) is 3.66. The Kier molecular flexibility index (Phi) is 3.56. The van der Waals surface area contributed by atoms with Gasteiger partial charge in [-0.05, 0) is 18.2 Å². The summed E-state index contributed by atoms with van der Waals surface area (Å²) in [6.45, 7) is 5.66. The molecule has 0 aliphatic heterocycles. The molecule has 1 N–H and O–H groups in total. The fourth-order valence-electron chi connectivity index (χ4n) is 1.98. The lowest BCUT2D eigenvalue weighted by Gasteiger charge is -2.21. The van der Waals surface area contributed by atoms with Crippen LogP contribution in [0.15, 0.2) is 24.3 Å². The molecule has 0 bridgehead atoms. The molecule has 0 aliphatic rings. The first-order chi connectivity index (χ1) is 9.21. The molecule has 20 heavy (non-hydrogen) atoms. The second-order valence-electron chi connectivity index (χ2n) is 5.46. The van der Waals surface area contributed by atoms with Crippen LogP contribution < -0.4 is 0 Å². The Morgan fingerprint density at radius 3 is 2.55 bits per heavy atom. The molecule has 0 unspecified atom stereocenters. The first-order valence-electron chi connectivity index (χ1n) is 6.00. The summed E-state index contributed by atoms with van der Waals surface area (Å²) >= 11 is 6.14. The van der Waals surface area contributed by atoms with Gasteiger partial charge in [-0.3, -0.25) is 0 Å². The molecule has 0 spiro atoms. The molecule has 1 aromatic carbocycles. The topological polar surface area (TPSA) is 55.1 Å². The molecule has 0 amide bonds. The first kappa shape index (κ1) is 14.5. The van der Waals surface area contributed by atoms with Crippen molar-refractivity contribution in [3.63, 3.8) is 0 Å². The molecule has 0 saturated carbocycles. The maximum absolute atomic E-state index is 13.4. The van der Waals surface area contributed by atoms with Crippen LogP contribution in [0, 0.1) is 5.82 Å². The van der Waals surface area contributed by atoms with Gasteiger partial charge in [-0.1, -0.05) is 38.4 Å². The van der Waals surface area contributed by atoms with E-state index in [1.54, 1.807) is 6.07 Å². The molecule has 0 radical (unpaired) electrons. The lowest BCUT2D eigenvalue weighted by atomic mass is 9.91. The Hall–Kier alpha value is -1.88. The van der Waals surface area contributed by atoms with Crippen molar-refractivity contribution in [2.24, 2.45) is 0 Å². The molecule has 0 aliphatic carbocycles. The second-order valence-corrected chi connectivity index (χ2v) is 5.84. The molecule has 2 rings (SSSR count). The zero-order valence-electron chi connectivity index (χ0n) is 11.3. The fourth-order valence-corrected chi connectivity index (χ4v) is 2.46. The third-order valence-corrected chi connectivity index (χ3v) is 3.15. The summed E-state index contributed by atoms with van der Waals surface area (Å²) in [6, 6.07) is 5.77. The van der Waals surface area contributed by atoms with Crippen LogP contribution in [-0.2, 0) is 5.41 Å². The summed E-state index contributed by atoms with van der Waals surface area (Å²) in [5.74, 6) is -1.64. The number of aromatic nitrogens is 2. The van der Waals surface area contributed by atoms with Gasteiger partial charge in [0.05, 0.1) is 16.4 Å². The average molecular weight is 297 g/mol. The van der Waals surface area contributed by atoms with Crippen molar-refractivity contribution < 1.29 is 14.3 Å². The zero-order valence-corrected chi connectivity index (χ0v) is 12.1. The molecule has 0 fully saturated rings. The Morgan fingerprint density at radius 1 is 1.40 bits per heavy atom. The van der Waals surface area contributed by atoms with Gasteiger partial charge >= 0.3 is 5.97 Å². The van der Waals surface area contributed by atoms with E-state index in [9.17, 15) is 9.18 Å². The monoisotopic (exact) mass is 296 g/mol. The standard InChI is InChI=1S/C14H14ClFN2O2/c1-14(2,3)12-10(15)11(13(19)20)17-18(12)9-6-4-5-8(16)7-9/h4-7H,1-3H3,(H,19,20). The van der Waals surface area contributed by atoms with Gasteiger partial charge in [0.2, 0.25) is 0 Å². The van der Waals surface area contributed by atoms with Crippen LogP contribution in [0.5, 0.6) is 0 Å². The van der Waals surface area contributed by atoms with Gasteiger partial charge < -0.3 is 5.11 Å². The van der Waals surface area contributed by atoms with E-state index >= 15 is 0 Å². The molecule has 2 aromatic rings. The predicted molar refractivity (Wildman–Crippen MR) is 74.2 cm³/mol. The van der Waals surface area contributed by atoms with Crippen LogP contribution in [0.3, 0.4) is 0 Å². The number of carbonyl (C=O) groups is 1. The van der Waals surface area contributed by atoms with Crippen molar-refractivity contribution in [3.8, 4) is 5.69 Å². The third-order valence-electron chi connectivity index (χ3n) is 2.79. The van der Waals surface area contributed by atoms with Crippen LogP contribution in [0.2, 0.25) is 5.02 Å². The Balaban J connectivity index is 2.75.